The topological polar surface area (TPSA) is 41.1 Å². The van der Waals surface area contributed by atoms with Crippen LogP contribution < -0.4 is 10.2 Å². The quantitative estimate of drug-likeness (QED) is 0.835. The van der Waals surface area contributed by atoms with Crippen molar-refractivity contribution < 1.29 is 0 Å². The summed E-state index contributed by atoms with van der Waals surface area (Å²) < 4.78 is 0.953. The number of nitrogens with zero attached hydrogens (tertiary/aromatic N) is 3. The summed E-state index contributed by atoms with van der Waals surface area (Å²) in [6.07, 6.45) is 3.00. The number of nitrogens with one attached hydrogen (secondary N) is 1. The molecule has 4 nitrogen and oxygen atoms in total. The summed E-state index contributed by atoms with van der Waals surface area (Å²) in [4.78, 5) is 11.1. The van der Waals surface area contributed by atoms with Crippen LogP contribution in [0.5, 0.6) is 0 Å². The van der Waals surface area contributed by atoms with Crippen molar-refractivity contribution >= 4 is 27.7 Å². The third-order valence-electron chi connectivity index (χ3n) is 2.97. The van der Waals surface area contributed by atoms with Crippen LogP contribution in [0.25, 0.3) is 0 Å². The molecule has 1 heterocycles. The van der Waals surface area contributed by atoms with E-state index in [4.69, 9.17) is 0 Å². The highest BCUT2D eigenvalue weighted by molar-refractivity contribution is 9.10. The highest BCUT2D eigenvalue weighted by Gasteiger charge is 2.14. The molecule has 0 aliphatic heterocycles. The van der Waals surface area contributed by atoms with Crippen molar-refractivity contribution in [2.45, 2.75) is 34.1 Å². The lowest BCUT2D eigenvalue weighted by molar-refractivity contribution is 0.545. The molecule has 0 bridgehead atoms. The fourth-order valence-corrected chi connectivity index (χ4v) is 2.14. The number of anilines is 2. The van der Waals surface area contributed by atoms with Crippen LogP contribution in [0, 0.1) is 5.92 Å². The minimum Gasteiger partial charge on any atom is -0.356 e. The molecular formula is C13H23BrN4. The van der Waals surface area contributed by atoms with Crippen molar-refractivity contribution in [3.05, 3.63) is 10.7 Å². The first-order chi connectivity index (χ1) is 8.62. The maximum Gasteiger partial charge on any atom is 0.224 e. The van der Waals surface area contributed by atoms with Gasteiger partial charge in [0.25, 0.3) is 0 Å². The van der Waals surface area contributed by atoms with E-state index >= 15 is 0 Å². The molecular weight excluding hydrogens is 292 g/mol. The Morgan fingerprint density at radius 2 is 2.11 bits per heavy atom. The van der Waals surface area contributed by atoms with Gasteiger partial charge in [-0.15, -0.1) is 0 Å². The standard InChI is InChI=1S/C13H23BrN4/c1-5-10(4)9-18(7-3)12-11(14)8-16-13(17-12)15-6-2/h8,10H,5-7,9H2,1-4H3,(H,15,16,17). The van der Waals surface area contributed by atoms with Gasteiger partial charge in [0.05, 0.1) is 4.47 Å². The van der Waals surface area contributed by atoms with E-state index in [1.165, 1.54) is 6.42 Å². The average Bonchev–Trinajstić information content (AvgIpc) is 2.38. The van der Waals surface area contributed by atoms with Crippen molar-refractivity contribution in [1.29, 1.82) is 0 Å². The van der Waals surface area contributed by atoms with Crippen molar-refractivity contribution in [3.63, 3.8) is 0 Å². The number of halogens is 1. The first-order valence-corrected chi connectivity index (χ1v) is 7.42. The first kappa shape index (κ1) is 15.2. The summed E-state index contributed by atoms with van der Waals surface area (Å²) in [5.41, 5.74) is 0. The third-order valence-corrected chi connectivity index (χ3v) is 3.53. The molecule has 0 amide bonds. The molecule has 0 aliphatic carbocycles. The van der Waals surface area contributed by atoms with Crippen molar-refractivity contribution in [3.8, 4) is 0 Å². The second-order valence-corrected chi connectivity index (χ2v) is 5.30. The Morgan fingerprint density at radius 3 is 2.67 bits per heavy atom. The van der Waals surface area contributed by atoms with Crippen LogP contribution in [0.3, 0.4) is 0 Å². The van der Waals surface area contributed by atoms with Gasteiger partial charge < -0.3 is 10.2 Å². The minimum absolute atomic E-state index is 0.661. The van der Waals surface area contributed by atoms with E-state index in [1.54, 1.807) is 0 Å². The van der Waals surface area contributed by atoms with Crippen molar-refractivity contribution in [2.75, 3.05) is 29.9 Å². The van der Waals surface area contributed by atoms with Crippen LogP contribution in [0.2, 0.25) is 0 Å². The van der Waals surface area contributed by atoms with Gasteiger partial charge in [0, 0.05) is 25.8 Å². The highest BCUT2D eigenvalue weighted by Crippen LogP contribution is 2.25. The molecule has 0 radical (unpaired) electrons. The zero-order valence-corrected chi connectivity index (χ0v) is 13.3. The van der Waals surface area contributed by atoms with Crippen LogP contribution in [0.4, 0.5) is 11.8 Å². The highest BCUT2D eigenvalue weighted by atomic mass is 79.9. The van der Waals surface area contributed by atoms with E-state index in [0.717, 1.165) is 29.9 Å². The summed E-state index contributed by atoms with van der Waals surface area (Å²) in [5.74, 6) is 2.33. The smallest absolute Gasteiger partial charge is 0.224 e. The fraction of sp³-hybridized carbons (Fsp3) is 0.692. The molecule has 1 rings (SSSR count). The zero-order chi connectivity index (χ0) is 13.5. The zero-order valence-electron chi connectivity index (χ0n) is 11.7. The van der Waals surface area contributed by atoms with E-state index in [2.05, 4.69) is 56.9 Å². The van der Waals surface area contributed by atoms with E-state index in [-0.39, 0.29) is 0 Å². The Hall–Kier alpha value is -0.840. The van der Waals surface area contributed by atoms with Gasteiger partial charge in [0.2, 0.25) is 5.95 Å². The molecule has 1 atom stereocenters. The van der Waals surface area contributed by atoms with Crippen molar-refractivity contribution in [2.24, 2.45) is 5.92 Å². The molecule has 0 saturated heterocycles. The number of rotatable bonds is 7. The molecule has 1 aromatic rings. The molecule has 1 unspecified atom stereocenters. The summed E-state index contributed by atoms with van der Waals surface area (Å²) in [6, 6.07) is 0. The van der Waals surface area contributed by atoms with Crippen LogP contribution >= 0.6 is 15.9 Å². The third kappa shape index (κ3) is 4.12. The Bertz CT molecular complexity index is 370. The Kier molecular flexibility index (Phi) is 6.39. The molecule has 0 fully saturated rings. The summed E-state index contributed by atoms with van der Waals surface area (Å²) in [5, 5.41) is 3.15. The summed E-state index contributed by atoms with van der Waals surface area (Å²) in [7, 11) is 0. The fourth-order valence-electron chi connectivity index (χ4n) is 1.69. The van der Waals surface area contributed by atoms with Gasteiger partial charge in [-0.25, -0.2) is 4.98 Å². The molecule has 5 heteroatoms. The molecule has 102 valence electrons. The number of hydrogen-bond donors (Lipinski definition) is 1. The molecule has 0 spiro atoms. The van der Waals surface area contributed by atoms with Gasteiger partial charge in [0.15, 0.2) is 0 Å². The predicted molar refractivity (Wildman–Crippen MR) is 81.2 cm³/mol. The van der Waals surface area contributed by atoms with Crippen LogP contribution in [0.15, 0.2) is 10.7 Å². The second-order valence-electron chi connectivity index (χ2n) is 4.45. The summed E-state index contributed by atoms with van der Waals surface area (Å²) >= 11 is 3.54. The van der Waals surface area contributed by atoms with E-state index in [1.807, 2.05) is 13.1 Å². The van der Waals surface area contributed by atoms with Gasteiger partial charge >= 0.3 is 0 Å². The number of aromatic nitrogens is 2. The van der Waals surface area contributed by atoms with Gasteiger partial charge in [-0.3, -0.25) is 0 Å². The normalized spacial score (nSPS) is 12.3. The van der Waals surface area contributed by atoms with Crippen LogP contribution in [0.1, 0.15) is 34.1 Å². The number of hydrogen-bond acceptors (Lipinski definition) is 4. The molecule has 0 aliphatic rings. The lowest BCUT2D eigenvalue weighted by Crippen LogP contribution is -2.29. The summed E-state index contributed by atoms with van der Waals surface area (Å²) in [6.45, 7) is 11.5. The van der Waals surface area contributed by atoms with E-state index < -0.39 is 0 Å². The SMILES string of the molecule is CCNc1ncc(Br)c(N(CC)CC(C)CC)n1. The minimum atomic E-state index is 0.661. The van der Waals surface area contributed by atoms with Gasteiger partial charge in [-0.1, -0.05) is 20.3 Å². The molecule has 0 aromatic carbocycles. The molecule has 1 N–H and O–H groups in total. The van der Waals surface area contributed by atoms with Gasteiger partial charge in [0.1, 0.15) is 5.82 Å². The maximum atomic E-state index is 4.58. The van der Waals surface area contributed by atoms with Gasteiger partial charge in [-0.05, 0) is 35.7 Å². The molecule has 0 saturated carbocycles. The van der Waals surface area contributed by atoms with Crippen LogP contribution in [-0.2, 0) is 0 Å². The molecule has 1 aromatic heterocycles. The Morgan fingerprint density at radius 1 is 1.39 bits per heavy atom. The monoisotopic (exact) mass is 314 g/mol. The van der Waals surface area contributed by atoms with Crippen LogP contribution in [-0.4, -0.2) is 29.6 Å². The Labute approximate surface area is 118 Å². The lowest BCUT2D eigenvalue weighted by atomic mass is 10.1. The first-order valence-electron chi connectivity index (χ1n) is 6.63. The van der Waals surface area contributed by atoms with E-state index in [9.17, 15) is 0 Å². The molecule has 18 heavy (non-hydrogen) atoms. The van der Waals surface area contributed by atoms with Gasteiger partial charge in [-0.2, -0.15) is 4.98 Å². The predicted octanol–water partition coefficient (Wildman–Crippen LogP) is 3.54. The largest absolute Gasteiger partial charge is 0.356 e. The Balaban J connectivity index is 2.92. The lowest BCUT2D eigenvalue weighted by Gasteiger charge is -2.26. The van der Waals surface area contributed by atoms with Crippen molar-refractivity contribution in [1.82, 2.24) is 9.97 Å². The average molecular weight is 315 g/mol. The second kappa shape index (κ2) is 7.56. The van der Waals surface area contributed by atoms with E-state index in [0.29, 0.717) is 11.9 Å². The maximum absolute atomic E-state index is 4.58.